The van der Waals surface area contributed by atoms with E-state index in [2.05, 4.69) is 10.6 Å². The van der Waals surface area contributed by atoms with Gasteiger partial charge in [-0.05, 0) is 87.3 Å². The van der Waals surface area contributed by atoms with Gasteiger partial charge < -0.3 is 20.1 Å². The number of methoxy groups -OCH3 is 1. The number of aryl methyl sites for hydroxylation is 1. The molecule has 2 unspecified atom stereocenters. The molecule has 0 bridgehead atoms. The highest BCUT2D eigenvalue weighted by Crippen LogP contribution is 2.47. The van der Waals surface area contributed by atoms with E-state index in [1.54, 1.807) is 12.1 Å². The third-order valence-electron chi connectivity index (χ3n) is 5.70. The number of nitrogens with one attached hydrogen (secondary N) is 2. The zero-order valence-electron chi connectivity index (χ0n) is 20.4. The normalized spacial score (nSPS) is 16.9. The minimum Gasteiger partial charge on any atom is -0.465 e. The molecule has 2 aromatic carbocycles. The van der Waals surface area contributed by atoms with E-state index in [-0.39, 0.29) is 18.0 Å². The lowest BCUT2D eigenvalue weighted by Crippen LogP contribution is -2.33. The summed E-state index contributed by atoms with van der Waals surface area (Å²) in [5, 5.41) is 5.79. The maximum atomic E-state index is 12.3. The molecule has 1 aliphatic carbocycles. The van der Waals surface area contributed by atoms with Crippen molar-refractivity contribution in [1.29, 1.82) is 0 Å². The zero-order chi connectivity index (χ0) is 24.7. The molecule has 7 nitrogen and oxygen atoms in total. The van der Waals surface area contributed by atoms with Crippen LogP contribution in [0.5, 0.6) is 0 Å². The van der Waals surface area contributed by atoms with Crippen LogP contribution in [0.15, 0.2) is 48.5 Å². The number of ether oxygens (including phenoxy) is 2. The molecule has 0 saturated heterocycles. The molecule has 2 N–H and O–H groups in total. The van der Waals surface area contributed by atoms with Crippen LogP contribution in [-0.4, -0.2) is 37.2 Å². The summed E-state index contributed by atoms with van der Waals surface area (Å²) in [6, 6.07) is 15.2. The standard InChI is InChI=1S/C27H34N2O5/c1-27(2,3)34-26(32)28-17-21-16-23(21)19-12-14-22(15-13-19)29-24(30)7-5-6-18-8-10-20(11-9-18)25(31)33-4/h8-15,21,23H,5-7,16-17H2,1-4H3,(H,28,32)(H,29,30). The second kappa shape index (κ2) is 11.2. The molecule has 1 aliphatic rings. The molecule has 0 aromatic heterocycles. The Labute approximate surface area is 201 Å². The zero-order valence-corrected chi connectivity index (χ0v) is 20.4. The van der Waals surface area contributed by atoms with Crippen LogP contribution in [0, 0.1) is 5.92 Å². The van der Waals surface area contributed by atoms with Crippen molar-refractivity contribution < 1.29 is 23.9 Å². The molecular formula is C27H34N2O5. The minimum atomic E-state index is -0.495. The molecule has 2 amide bonds. The monoisotopic (exact) mass is 466 g/mol. The second-order valence-electron chi connectivity index (χ2n) is 9.70. The van der Waals surface area contributed by atoms with E-state index in [1.807, 2.05) is 57.2 Å². The van der Waals surface area contributed by atoms with Crippen LogP contribution in [0.3, 0.4) is 0 Å². The molecule has 182 valence electrons. The number of esters is 1. The van der Waals surface area contributed by atoms with Gasteiger partial charge >= 0.3 is 12.1 Å². The Balaban J connectivity index is 1.36. The molecule has 0 heterocycles. The predicted octanol–water partition coefficient (Wildman–Crippen LogP) is 5.06. The third kappa shape index (κ3) is 7.90. The summed E-state index contributed by atoms with van der Waals surface area (Å²) < 4.78 is 9.97. The first-order valence-electron chi connectivity index (χ1n) is 11.7. The van der Waals surface area contributed by atoms with Gasteiger partial charge in [0.2, 0.25) is 5.91 Å². The van der Waals surface area contributed by atoms with E-state index in [0.29, 0.717) is 30.4 Å². The Morgan fingerprint density at radius 2 is 1.68 bits per heavy atom. The summed E-state index contributed by atoms with van der Waals surface area (Å²) in [6.07, 6.45) is 2.54. The molecule has 34 heavy (non-hydrogen) atoms. The van der Waals surface area contributed by atoms with Crippen LogP contribution in [0.25, 0.3) is 0 Å². The average molecular weight is 467 g/mol. The van der Waals surface area contributed by atoms with E-state index in [1.165, 1.54) is 12.7 Å². The number of hydrogen-bond acceptors (Lipinski definition) is 5. The first-order chi connectivity index (χ1) is 16.1. The molecule has 7 heteroatoms. The number of carbonyl (C=O) groups excluding carboxylic acids is 3. The highest BCUT2D eigenvalue weighted by Gasteiger charge is 2.38. The average Bonchev–Trinajstić information content (AvgIpc) is 3.57. The van der Waals surface area contributed by atoms with Gasteiger partial charge in [-0.3, -0.25) is 4.79 Å². The van der Waals surface area contributed by atoms with Crippen LogP contribution in [0.1, 0.15) is 67.4 Å². The lowest BCUT2D eigenvalue weighted by molar-refractivity contribution is -0.116. The maximum Gasteiger partial charge on any atom is 0.407 e. The van der Waals surface area contributed by atoms with Crippen LogP contribution < -0.4 is 10.6 Å². The summed E-state index contributed by atoms with van der Waals surface area (Å²) in [7, 11) is 1.36. The van der Waals surface area contributed by atoms with Crippen molar-refractivity contribution in [3.8, 4) is 0 Å². The van der Waals surface area contributed by atoms with E-state index in [0.717, 1.165) is 30.5 Å². The Morgan fingerprint density at radius 1 is 1.00 bits per heavy atom. The fourth-order valence-electron chi connectivity index (χ4n) is 3.83. The van der Waals surface area contributed by atoms with Crippen molar-refractivity contribution in [2.75, 3.05) is 19.0 Å². The van der Waals surface area contributed by atoms with Crippen LogP contribution in [0.4, 0.5) is 10.5 Å². The summed E-state index contributed by atoms with van der Waals surface area (Å²) in [5.41, 5.74) is 3.09. The first-order valence-corrected chi connectivity index (χ1v) is 11.7. The van der Waals surface area contributed by atoms with Gasteiger partial charge in [0.15, 0.2) is 0 Å². The lowest BCUT2D eigenvalue weighted by atomic mass is 10.1. The van der Waals surface area contributed by atoms with Gasteiger partial charge in [-0.2, -0.15) is 0 Å². The van der Waals surface area contributed by atoms with Crippen molar-refractivity contribution in [1.82, 2.24) is 5.32 Å². The Kier molecular flexibility index (Phi) is 8.31. The maximum absolute atomic E-state index is 12.3. The van der Waals surface area contributed by atoms with Crippen molar-refractivity contribution >= 4 is 23.7 Å². The Morgan fingerprint density at radius 3 is 2.29 bits per heavy atom. The largest absolute Gasteiger partial charge is 0.465 e. The molecular weight excluding hydrogens is 432 g/mol. The van der Waals surface area contributed by atoms with Crippen LogP contribution >= 0.6 is 0 Å². The summed E-state index contributed by atoms with van der Waals surface area (Å²) in [5.74, 6) is 0.455. The fourth-order valence-corrected chi connectivity index (χ4v) is 3.83. The third-order valence-corrected chi connectivity index (χ3v) is 5.70. The van der Waals surface area contributed by atoms with E-state index in [4.69, 9.17) is 9.47 Å². The van der Waals surface area contributed by atoms with Crippen molar-refractivity contribution in [2.45, 2.75) is 58.0 Å². The molecule has 2 aromatic rings. The first kappa shape index (κ1) is 25.3. The molecule has 1 fully saturated rings. The highest BCUT2D eigenvalue weighted by atomic mass is 16.6. The quantitative estimate of drug-likeness (QED) is 0.504. The molecule has 3 rings (SSSR count). The van der Waals surface area contributed by atoms with E-state index < -0.39 is 5.60 Å². The van der Waals surface area contributed by atoms with Gasteiger partial charge in [-0.1, -0.05) is 24.3 Å². The smallest absolute Gasteiger partial charge is 0.407 e. The SMILES string of the molecule is COC(=O)c1ccc(CCCC(=O)Nc2ccc(C3CC3CNC(=O)OC(C)(C)C)cc2)cc1. The number of benzene rings is 2. The second-order valence-corrected chi connectivity index (χ2v) is 9.70. The van der Waals surface area contributed by atoms with E-state index in [9.17, 15) is 14.4 Å². The molecule has 0 spiro atoms. The highest BCUT2D eigenvalue weighted by molar-refractivity contribution is 5.90. The van der Waals surface area contributed by atoms with E-state index >= 15 is 0 Å². The van der Waals surface area contributed by atoms with Gasteiger partial charge in [0.25, 0.3) is 0 Å². The number of amides is 2. The van der Waals surface area contributed by atoms with Crippen molar-refractivity contribution in [3.63, 3.8) is 0 Å². The number of rotatable bonds is 9. The topological polar surface area (TPSA) is 93.7 Å². The predicted molar refractivity (Wildman–Crippen MR) is 131 cm³/mol. The summed E-state index contributed by atoms with van der Waals surface area (Å²) >= 11 is 0. The van der Waals surface area contributed by atoms with Gasteiger partial charge in [0.1, 0.15) is 5.60 Å². The number of alkyl carbamates (subject to hydrolysis) is 1. The summed E-state index contributed by atoms with van der Waals surface area (Å²) in [4.78, 5) is 35.6. The number of hydrogen-bond donors (Lipinski definition) is 2. The molecule has 1 saturated carbocycles. The van der Waals surface area contributed by atoms with Crippen LogP contribution in [-0.2, 0) is 20.7 Å². The van der Waals surface area contributed by atoms with Gasteiger partial charge in [-0.15, -0.1) is 0 Å². The van der Waals surface area contributed by atoms with Crippen molar-refractivity contribution in [2.24, 2.45) is 5.92 Å². The fraction of sp³-hybridized carbons (Fsp3) is 0.444. The van der Waals surface area contributed by atoms with Crippen LogP contribution in [0.2, 0.25) is 0 Å². The van der Waals surface area contributed by atoms with Gasteiger partial charge in [0, 0.05) is 18.7 Å². The molecule has 2 atom stereocenters. The van der Waals surface area contributed by atoms with Gasteiger partial charge in [-0.25, -0.2) is 9.59 Å². The molecule has 0 radical (unpaired) electrons. The number of anilines is 1. The number of carbonyl (C=O) groups is 3. The lowest BCUT2D eigenvalue weighted by Gasteiger charge is -2.19. The Hall–Kier alpha value is -3.35. The van der Waals surface area contributed by atoms with Crippen molar-refractivity contribution in [3.05, 3.63) is 65.2 Å². The van der Waals surface area contributed by atoms with Gasteiger partial charge in [0.05, 0.1) is 12.7 Å². The Bertz CT molecular complexity index is 993. The summed E-state index contributed by atoms with van der Waals surface area (Å²) in [6.45, 7) is 6.14. The molecule has 0 aliphatic heterocycles. The minimum absolute atomic E-state index is 0.0233.